The maximum Gasteiger partial charge on any atom is 0.232 e. The topological polar surface area (TPSA) is 55.6 Å². The first-order chi connectivity index (χ1) is 11.0. The molecule has 0 spiro atoms. The van der Waals surface area contributed by atoms with Crippen LogP contribution in [0.3, 0.4) is 0 Å². The highest BCUT2D eigenvalue weighted by Crippen LogP contribution is 2.29. The van der Waals surface area contributed by atoms with Gasteiger partial charge >= 0.3 is 0 Å². The van der Waals surface area contributed by atoms with Gasteiger partial charge in [0, 0.05) is 19.7 Å². The summed E-state index contributed by atoms with van der Waals surface area (Å²) in [5.74, 6) is 0.215. The van der Waals surface area contributed by atoms with Crippen molar-refractivity contribution in [3.8, 4) is 0 Å². The number of nitrogens with zero attached hydrogens (tertiary/aromatic N) is 1. The Morgan fingerprint density at radius 2 is 1.92 bits per heavy atom. The van der Waals surface area contributed by atoms with E-state index in [0.717, 1.165) is 44.5 Å². The summed E-state index contributed by atoms with van der Waals surface area (Å²) in [5.41, 5.74) is 7.29. The third kappa shape index (κ3) is 4.95. The zero-order valence-electron chi connectivity index (χ0n) is 15.1. The Morgan fingerprint density at radius 3 is 2.50 bits per heavy atom. The number of aryl methyl sites for hydroxylation is 1. The predicted octanol–water partition coefficient (Wildman–Crippen LogP) is 3.05. The fourth-order valence-electron chi connectivity index (χ4n) is 3.34. The Kier molecular flexibility index (Phi) is 8.20. The lowest BCUT2D eigenvalue weighted by molar-refractivity contribution is -0.139. The summed E-state index contributed by atoms with van der Waals surface area (Å²) in [5, 5.41) is 0. The molecule has 5 heteroatoms. The zero-order valence-corrected chi connectivity index (χ0v) is 15.9. The summed E-state index contributed by atoms with van der Waals surface area (Å²) < 4.78 is 5.82. The lowest BCUT2D eigenvalue weighted by Crippen LogP contribution is -2.48. The van der Waals surface area contributed by atoms with Gasteiger partial charge in [-0.05, 0) is 57.7 Å². The molecular formula is C19H31ClN2O2. The van der Waals surface area contributed by atoms with Gasteiger partial charge in [-0.3, -0.25) is 4.79 Å². The minimum absolute atomic E-state index is 0. The van der Waals surface area contributed by atoms with Crippen LogP contribution in [-0.2, 0) is 14.9 Å². The minimum Gasteiger partial charge on any atom is -0.378 e. The first kappa shape index (κ1) is 20.9. The summed E-state index contributed by atoms with van der Waals surface area (Å²) in [6.07, 6.45) is 3.01. The van der Waals surface area contributed by atoms with Gasteiger partial charge in [0.25, 0.3) is 0 Å². The van der Waals surface area contributed by atoms with Crippen LogP contribution in [0.15, 0.2) is 24.3 Å². The molecule has 0 aromatic heterocycles. The van der Waals surface area contributed by atoms with E-state index in [9.17, 15) is 4.79 Å². The fraction of sp³-hybridized carbons (Fsp3) is 0.632. The summed E-state index contributed by atoms with van der Waals surface area (Å²) in [6.45, 7) is 9.08. The molecule has 1 amide bonds. The van der Waals surface area contributed by atoms with Crippen molar-refractivity contribution in [3.63, 3.8) is 0 Å². The van der Waals surface area contributed by atoms with E-state index in [4.69, 9.17) is 10.5 Å². The fourth-order valence-corrected chi connectivity index (χ4v) is 3.34. The Labute approximate surface area is 152 Å². The van der Waals surface area contributed by atoms with Crippen molar-refractivity contribution in [3.05, 3.63) is 35.4 Å². The van der Waals surface area contributed by atoms with E-state index in [0.29, 0.717) is 6.54 Å². The van der Waals surface area contributed by atoms with E-state index < -0.39 is 5.41 Å². The van der Waals surface area contributed by atoms with Gasteiger partial charge in [-0.25, -0.2) is 0 Å². The van der Waals surface area contributed by atoms with Crippen LogP contribution in [0.25, 0.3) is 0 Å². The number of halogens is 1. The maximum atomic E-state index is 13.0. The first-order valence-electron chi connectivity index (χ1n) is 8.64. The smallest absolute Gasteiger partial charge is 0.232 e. The second-order valence-electron chi connectivity index (χ2n) is 6.94. The number of hydrogen-bond acceptors (Lipinski definition) is 3. The molecule has 0 atom stereocenters. The Bertz CT molecular complexity index is 526. The summed E-state index contributed by atoms with van der Waals surface area (Å²) in [6, 6.07) is 8.16. The summed E-state index contributed by atoms with van der Waals surface area (Å²) in [4.78, 5) is 15.0. The summed E-state index contributed by atoms with van der Waals surface area (Å²) >= 11 is 0. The molecule has 4 nitrogen and oxygen atoms in total. The van der Waals surface area contributed by atoms with Crippen LogP contribution < -0.4 is 5.73 Å². The highest BCUT2D eigenvalue weighted by Gasteiger charge is 2.36. The van der Waals surface area contributed by atoms with Crippen molar-refractivity contribution in [2.75, 3.05) is 26.2 Å². The van der Waals surface area contributed by atoms with Crippen LogP contribution >= 0.6 is 12.4 Å². The van der Waals surface area contributed by atoms with Gasteiger partial charge in [0.2, 0.25) is 5.91 Å². The minimum atomic E-state index is -0.488. The second kappa shape index (κ2) is 9.40. The van der Waals surface area contributed by atoms with E-state index >= 15 is 0 Å². The molecular weight excluding hydrogens is 324 g/mol. The standard InChI is InChI=1S/C19H30N2O2.ClH/c1-15-7-4-5-8-17(15)19(2,3)18(22)21-12-9-16(10-13-21)23-14-6-11-20;/h4-5,7-8,16H,6,9-14,20H2,1-3H3;1H. The number of nitrogens with two attached hydrogens (primary N) is 1. The molecule has 1 aromatic rings. The average molecular weight is 355 g/mol. The van der Waals surface area contributed by atoms with Gasteiger partial charge in [0.1, 0.15) is 0 Å². The van der Waals surface area contributed by atoms with Crippen molar-refractivity contribution in [1.29, 1.82) is 0 Å². The molecule has 0 radical (unpaired) electrons. The molecule has 1 fully saturated rings. The number of amides is 1. The van der Waals surface area contributed by atoms with E-state index in [-0.39, 0.29) is 24.4 Å². The molecule has 0 bridgehead atoms. The highest BCUT2D eigenvalue weighted by atomic mass is 35.5. The number of ether oxygens (including phenoxy) is 1. The van der Waals surface area contributed by atoms with Crippen LogP contribution in [0.1, 0.15) is 44.2 Å². The van der Waals surface area contributed by atoms with E-state index in [1.807, 2.05) is 30.9 Å². The third-order valence-electron chi connectivity index (χ3n) is 4.78. The molecule has 1 aliphatic heterocycles. The molecule has 2 N–H and O–H groups in total. The third-order valence-corrected chi connectivity index (χ3v) is 4.78. The van der Waals surface area contributed by atoms with Crippen LogP contribution in [0.5, 0.6) is 0 Å². The molecule has 1 aliphatic rings. The average Bonchev–Trinajstić information content (AvgIpc) is 2.55. The van der Waals surface area contributed by atoms with Gasteiger partial charge in [0.15, 0.2) is 0 Å². The largest absolute Gasteiger partial charge is 0.378 e. The Balaban J connectivity index is 0.00000288. The van der Waals surface area contributed by atoms with Gasteiger partial charge in [-0.1, -0.05) is 24.3 Å². The number of carbonyl (C=O) groups is 1. The van der Waals surface area contributed by atoms with Crippen molar-refractivity contribution in [2.45, 2.75) is 51.6 Å². The molecule has 1 aromatic carbocycles. The van der Waals surface area contributed by atoms with Crippen molar-refractivity contribution in [1.82, 2.24) is 4.90 Å². The Morgan fingerprint density at radius 1 is 1.29 bits per heavy atom. The maximum absolute atomic E-state index is 13.0. The van der Waals surface area contributed by atoms with Crippen LogP contribution in [0.2, 0.25) is 0 Å². The summed E-state index contributed by atoms with van der Waals surface area (Å²) in [7, 11) is 0. The van der Waals surface area contributed by atoms with E-state index in [1.165, 1.54) is 5.56 Å². The first-order valence-corrected chi connectivity index (χ1v) is 8.64. The van der Waals surface area contributed by atoms with Crippen molar-refractivity contribution < 1.29 is 9.53 Å². The lowest BCUT2D eigenvalue weighted by Gasteiger charge is -2.37. The van der Waals surface area contributed by atoms with Crippen molar-refractivity contribution >= 4 is 18.3 Å². The van der Waals surface area contributed by atoms with Gasteiger partial charge in [-0.2, -0.15) is 0 Å². The number of likely N-dealkylation sites (tertiary alicyclic amines) is 1. The lowest BCUT2D eigenvalue weighted by atomic mass is 9.80. The molecule has 0 saturated carbocycles. The van der Waals surface area contributed by atoms with E-state index in [1.54, 1.807) is 0 Å². The Hall–Kier alpha value is -1.10. The molecule has 0 unspecified atom stereocenters. The quantitative estimate of drug-likeness (QED) is 0.799. The highest BCUT2D eigenvalue weighted by molar-refractivity contribution is 5.87. The molecule has 1 saturated heterocycles. The van der Waals surface area contributed by atoms with Crippen LogP contribution in [-0.4, -0.2) is 43.2 Å². The van der Waals surface area contributed by atoms with Gasteiger partial charge in [0.05, 0.1) is 11.5 Å². The number of benzene rings is 1. The number of hydrogen-bond donors (Lipinski definition) is 1. The normalized spacial score (nSPS) is 15.9. The van der Waals surface area contributed by atoms with Gasteiger partial charge in [-0.15, -0.1) is 12.4 Å². The molecule has 1 heterocycles. The van der Waals surface area contributed by atoms with Crippen LogP contribution in [0.4, 0.5) is 0 Å². The second-order valence-corrected chi connectivity index (χ2v) is 6.94. The number of carbonyl (C=O) groups excluding carboxylic acids is 1. The molecule has 2 rings (SSSR count). The number of rotatable bonds is 6. The SMILES string of the molecule is Cc1ccccc1C(C)(C)C(=O)N1CCC(OCCCN)CC1.Cl. The number of piperidine rings is 1. The molecule has 136 valence electrons. The van der Waals surface area contributed by atoms with E-state index in [2.05, 4.69) is 19.1 Å². The van der Waals surface area contributed by atoms with Gasteiger partial charge < -0.3 is 15.4 Å². The molecule has 0 aliphatic carbocycles. The monoisotopic (exact) mass is 354 g/mol. The zero-order chi connectivity index (χ0) is 16.9. The molecule has 24 heavy (non-hydrogen) atoms. The van der Waals surface area contributed by atoms with Crippen molar-refractivity contribution in [2.24, 2.45) is 5.73 Å². The van der Waals surface area contributed by atoms with Crippen LogP contribution in [0, 0.1) is 6.92 Å². The predicted molar refractivity (Wildman–Crippen MR) is 101 cm³/mol.